The van der Waals surface area contributed by atoms with Crippen LogP contribution in [0.4, 0.5) is 0 Å². The maximum Gasteiger partial charge on any atom is 0.254 e. The number of unbranched alkanes of at least 4 members (excludes halogenated alkanes) is 1. The smallest absolute Gasteiger partial charge is 0.254 e. The number of thiazole rings is 1. The van der Waals surface area contributed by atoms with Gasteiger partial charge in [-0.3, -0.25) is 4.79 Å². The van der Waals surface area contributed by atoms with Crippen LogP contribution in [-0.2, 0) is 5.75 Å². The van der Waals surface area contributed by atoms with Gasteiger partial charge in [-0.1, -0.05) is 25.5 Å². The van der Waals surface area contributed by atoms with Gasteiger partial charge >= 0.3 is 0 Å². The minimum atomic E-state index is 0.136. The second kappa shape index (κ2) is 8.96. The van der Waals surface area contributed by atoms with Crippen molar-refractivity contribution in [1.29, 1.82) is 0 Å². The number of carbonyl (C=O) groups is 1. The van der Waals surface area contributed by atoms with Crippen molar-refractivity contribution in [2.24, 2.45) is 0 Å². The second-order valence-electron chi connectivity index (χ2n) is 5.00. The predicted octanol–water partition coefficient (Wildman–Crippen LogP) is 4.70. The highest BCUT2D eigenvalue weighted by molar-refractivity contribution is 7.98. The van der Waals surface area contributed by atoms with Gasteiger partial charge in [-0.25, -0.2) is 4.98 Å². The quantitative estimate of drug-likeness (QED) is 0.656. The highest BCUT2D eigenvalue weighted by Gasteiger charge is 2.17. The van der Waals surface area contributed by atoms with Gasteiger partial charge in [0.15, 0.2) is 0 Å². The van der Waals surface area contributed by atoms with Crippen molar-refractivity contribution in [3.8, 4) is 0 Å². The fraction of sp³-hybridized carbons (Fsp3) is 0.412. The first kappa shape index (κ1) is 17.0. The predicted molar refractivity (Wildman–Crippen MR) is 94.6 cm³/mol. The lowest BCUT2D eigenvalue weighted by atomic mass is 10.2. The van der Waals surface area contributed by atoms with Gasteiger partial charge in [0, 0.05) is 29.1 Å². The lowest BCUT2D eigenvalue weighted by Gasteiger charge is -2.22. The van der Waals surface area contributed by atoms with Crippen molar-refractivity contribution in [3.05, 3.63) is 46.4 Å². The van der Waals surface area contributed by atoms with E-state index in [0.717, 1.165) is 47.8 Å². The van der Waals surface area contributed by atoms with E-state index in [-0.39, 0.29) is 5.91 Å². The third kappa shape index (κ3) is 4.58. The average Bonchev–Trinajstić information content (AvgIpc) is 3.07. The minimum Gasteiger partial charge on any atom is -0.339 e. The first-order valence-corrected chi connectivity index (χ1v) is 9.57. The summed E-state index contributed by atoms with van der Waals surface area (Å²) in [5, 5.41) is 2.05. The average molecular weight is 335 g/mol. The van der Waals surface area contributed by atoms with E-state index in [9.17, 15) is 4.79 Å². The number of hydrogen-bond acceptors (Lipinski definition) is 4. The van der Waals surface area contributed by atoms with Crippen LogP contribution < -0.4 is 0 Å². The summed E-state index contributed by atoms with van der Waals surface area (Å²) >= 11 is 3.28. The Balaban J connectivity index is 2.10. The summed E-state index contributed by atoms with van der Waals surface area (Å²) in [5.41, 5.74) is 3.72. The molecule has 0 radical (unpaired) electrons. The fourth-order valence-electron chi connectivity index (χ4n) is 2.15. The molecule has 0 aliphatic heterocycles. The third-order valence-electron chi connectivity index (χ3n) is 3.43. The van der Waals surface area contributed by atoms with Crippen molar-refractivity contribution in [2.75, 3.05) is 13.1 Å². The Morgan fingerprint density at radius 3 is 2.82 bits per heavy atom. The van der Waals surface area contributed by atoms with E-state index >= 15 is 0 Å². The van der Waals surface area contributed by atoms with E-state index in [1.54, 1.807) is 23.1 Å². The molecule has 1 aromatic carbocycles. The fourth-order valence-corrected chi connectivity index (χ4v) is 3.76. The number of aromatic nitrogens is 1. The van der Waals surface area contributed by atoms with Crippen LogP contribution in [0, 0.1) is 0 Å². The Labute approximate surface area is 140 Å². The zero-order valence-corrected chi connectivity index (χ0v) is 14.8. The number of benzene rings is 1. The van der Waals surface area contributed by atoms with Gasteiger partial charge in [-0.15, -0.1) is 23.1 Å². The van der Waals surface area contributed by atoms with Crippen LogP contribution in [0.1, 0.15) is 42.7 Å². The van der Waals surface area contributed by atoms with Gasteiger partial charge in [0.25, 0.3) is 5.91 Å². The van der Waals surface area contributed by atoms with Gasteiger partial charge in [0.1, 0.15) is 0 Å². The molecule has 0 atom stereocenters. The molecule has 118 valence electrons. The molecule has 0 saturated heterocycles. The Morgan fingerprint density at radius 1 is 1.32 bits per heavy atom. The van der Waals surface area contributed by atoms with Gasteiger partial charge in [-0.05, 0) is 25.5 Å². The largest absolute Gasteiger partial charge is 0.339 e. The molecule has 22 heavy (non-hydrogen) atoms. The normalized spacial score (nSPS) is 10.6. The summed E-state index contributed by atoms with van der Waals surface area (Å²) in [4.78, 5) is 20.0. The maximum atomic E-state index is 12.8. The van der Waals surface area contributed by atoms with E-state index in [1.807, 2.05) is 41.6 Å². The Morgan fingerprint density at radius 2 is 2.14 bits per heavy atom. The minimum absolute atomic E-state index is 0.136. The molecular formula is C17H22N2OS2. The molecule has 0 aliphatic rings. The van der Waals surface area contributed by atoms with E-state index in [0.29, 0.717) is 0 Å². The Kier molecular flexibility index (Phi) is 6.93. The Hall–Kier alpha value is -1.33. The zero-order valence-electron chi connectivity index (χ0n) is 13.1. The summed E-state index contributed by atoms with van der Waals surface area (Å²) in [6.45, 7) is 5.77. The van der Waals surface area contributed by atoms with E-state index in [1.165, 1.54) is 0 Å². The molecule has 1 aromatic heterocycles. The summed E-state index contributed by atoms with van der Waals surface area (Å²) < 4.78 is 0. The molecule has 0 saturated carbocycles. The number of carbonyl (C=O) groups excluding carboxylic acids is 1. The molecule has 0 spiro atoms. The molecule has 0 bridgehead atoms. The molecule has 0 fully saturated rings. The Bertz CT molecular complexity index is 584. The molecular weight excluding hydrogens is 312 g/mol. The number of rotatable bonds is 8. The zero-order chi connectivity index (χ0) is 15.8. The van der Waals surface area contributed by atoms with Crippen LogP contribution in [0.25, 0.3) is 0 Å². The highest BCUT2D eigenvalue weighted by atomic mass is 32.2. The van der Waals surface area contributed by atoms with Gasteiger partial charge < -0.3 is 4.90 Å². The first-order valence-electron chi connectivity index (χ1n) is 7.64. The van der Waals surface area contributed by atoms with Crippen molar-refractivity contribution in [1.82, 2.24) is 9.88 Å². The van der Waals surface area contributed by atoms with Crippen LogP contribution in [0.2, 0.25) is 0 Å². The van der Waals surface area contributed by atoms with Gasteiger partial charge in [0.2, 0.25) is 0 Å². The van der Waals surface area contributed by atoms with E-state index in [2.05, 4.69) is 17.3 Å². The molecule has 0 unspecified atom stereocenters. The van der Waals surface area contributed by atoms with Crippen molar-refractivity contribution < 1.29 is 4.79 Å². The molecule has 0 aliphatic carbocycles. The topological polar surface area (TPSA) is 33.2 Å². The van der Waals surface area contributed by atoms with E-state index < -0.39 is 0 Å². The van der Waals surface area contributed by atoms with Crippen molar-refractivity contribution >= 4 is 29.0 Å². The molecule has 2 rings (SSSR count). The van der Waals surface area contributed by atoms with Crippen molar-refractivity contribution in [2.45, 2.75) is 37.3 Å². The summed E-state index contributed by atoms with van der Waals surface area (Å²) in [5.74, 6) is 0.937. The molecule has 1 heterocycles. The van der Waals surface area contributed by atoms with Gasteiger partial charge in [0.05, 0.1) is 16.8 Å². The molecule has 1 amide bonds. The van der Waals surface area contributed by atoms with E-state index in [4.69, 9.17) is 0 Å². The maximum absolute atomic E-state index is 12.8. The number of amides is 1. The first-order chi connectivity index (χ1) is 10.8. The molecule has 0 N–H and O–H groups in total. The van der Waals surface area contributed by atoms with Gasteiger partial charge in [-0.2, -0.15) is 0 Å². The SMILES string of the molecule is CCCCN(CC)C(=O)c1ccccc1SCc1cscn1. The lowest BCUT2D eigenvalue weighted by molar-refractivity contribution is 0.0759. The standard InChI is InChI=1S/C17H22N2OS2/c1-3-5-10-19(4-2)17(20)15-8-6-7-9-16(15)22-12-14-11-21-13-18-14/h6-9,11,13H,3-5,10,12H2,1-2H3. The number of nitrogens with zero attached hydrogens (tertiary/aromatic N) is 2. The molecule has 3 nitrogen and oxygen atoms in total. The summed E-state index contributed by atoms with van der Waals surface area (Å²) in [6, 6.07) is 7.88. The second-order valence-corrected chi connectivity index (χ2v) is 6.74. The number of thioether (sulfide) groups is 1. The van der Waals surface area contributed by atoms with Crippen LogP contribution in [0.5, 0.6) is 0 Å². The van der Waals surface area contributed by atoms with Crippen LogP contribution in [0.15, 0.2) is 40.1 Å². The molecule has 2 aromatic rings. The van der Waals surface area contributed by atoms with Crippen LogP contribution >= 0.6 is 23.1 Å². The lowest BCUT2D eigenvalue weighted by Crippen LogP contribution is -2.32. The summed E-state index contributed by atoms with van der Waals surface area (Å²) in [6.07, 6.45) is 2.15. The third-order valence-corrected chi connectivity index (χ3v) is 5.17. The monoisotopic (exact) mass is 334 g/mol. The highest BCUT2D eigenvalue weighted by Crippen LogP contribution is 2.27. The number of hydrogen-bond donors (Lipinski definition) is 0. The molecule has 5 heteroatoms. The van der Waals surface area contributed by atoms with Crippen molar-refractivity contribution in [3.63, 3.8) is 0 Å². The summed E-state index contributed by atoms with van der Waals surface area (Å²) in [7, 11) is 0. The van der Waals surface area contributed by atoms with Crippen LogP contribution in [0.3, 0.4) is 0 Å². The van der Waals surface area contributed by atoms with Crippen LogP contribution in [-0.4, -0.2) is 28.9 Å².